The highest BCUT2D eigenvalue weighted by molar-refractivity contribution is 7.89. The van der Waals surface area contributed by atoms with Gasteiger partial charge >= 0.3 is 5.97 Å². The Kier molecular flexibility index (Phi) is 5.07. The quantitative estimate of drug-likeness (QED) is 0.851. The molecule has 1 saturated carbocycles. The summed E-state index contributed by atoms with van der Waals surface area (Å²) in [7, 11) is -2.67. The molecule has 0 radical (unpaired) electrons. The van der Waals surface area contributed by atoms with E-state index in [1.54, 1.807) is 0 Å². The Morgan fingerprint density at radius 1 is 1.48 bits per heavy atom. The Bertz CT molecular complexity index is 739. The van der Waals surface area contributed by atoms with Crippen LogP contribution in [0.3, 0.4) is 0 Å². The smallest absolute Gasteiger partial charge is 0.337 e. The van der Waals surface area contributed by atoms with E-state index in [-0.39, 0.29) is 16.4 Å². The van der Waals surface area contributed by atoms with Crippen LogP contribution in [0, 0.1) is 17.2 Å². The van der Waals surface area contributed by atoms with Gasteiger partial charge in [-0.2, -0.15) is 9.98 Å². The van der Waals surface area contributed by atoms with Crippen LogP contribution in [0.4, 0.5) is 0 Å². The molecule has 1 aromatic carbocycles. The number of benzene rings is 1. The number of methoxy groups -OCH3 is 1. The molecule has 0 aromatic heterocycles. The van der Waals surface area contributed by atoms with Crippen LogP contribution in [0.1, 0.15) is 43.0 Å². The van der Waals surface area contributed by atoms with Gasteiger partial charge in [0.1, 0.15) is 5.54 Å². The summed E-state index contributed by atoms with van der Waals surface area (Å²) in [4.78, 5) is 11.5. The fourth-order valence-corrected chi connectivity index (χ4v) is 4.40. The van der Waals surface area contributed by atoms with Crippen LogP contribution in [0.2, 0.25) is 0 Å². The summed E-state index contributed by atoms with van der Waals surface area (Å²) < 4.78 is 32.4. The highest BCUT2D eigenvalue weighted by Gasteiger charge is 2.39. The van der Waals surface area contributed by atoms with E-state index in [4.69, 9.17) is 0 Å². The van der Waals surface area contributed by atoms with Crippen molar-refractivity contribution in [3.63, 3.8) is 0 Å². The molecule has 2 rings (SSSR count). The number of ether oxygens (including phenoxy) is 1. The van der Waals surface area contributed by atoms with Gasteiger partial charge in [0.15, 0.2) is 0 Å². The zero-order valence-electron chi connectivity index (χ0n) is 13.2. The molecule has 2 unspecified atom stereocenters. The molecule has 0 spiro atoms. The third-order valence-corrected chi connectivity index (χ3v) is 5.64. The number of nitriles is 1. The van der Waals surface area contributed by atoms with Crippen molar-refractivity contribution in [3.05, 3.63) is 29.8 Å². The summed E-state index contributed by atoms with van der Waals surface area (Å²) in [6, 6.07) is 7.75. The third-order valence-electron chi connectivity index (χ3n) is 4.11. The summed E-state index contributed by atoms with van der Waals surface area (Å²) in [5.41, 5.74) is -0.934. The number of nitrogens with zero attached hydrogens (tertiary/aromatic N) is 1. The van der Waals surface area contributed by atoms with Crippen molar-refractivity contribution in [1.82, 2.24) is 4.72 Å². The fourth-order valence-electron chi connectivity index (χ4n) is 2.99. The summed E-state index contributed by atoms with van der Waals surface area (Å²) in [5.74, 6) is -0.323. The lowest BCUT2D eigenvalue weighted by Gasteiger charge is -2.34. The highest BCUT2D eigenvalue weighted by atomic mass is 32.2. The van der Waals surface area contributed by atoms with Crippen molar-refractivity contribution >= 4 is 16.0 Å². The molecule has 0 amide bonds. The first kappa shape index (κ1) is 17.4. The van der Waals surface area contributed by atoms with Gasteiger partial charge in [-0.1, -0.05) is 25.8 Å². The van der Waals surface area contributed by atoms with Crippen molar-refractivity contribution in [2.75, 3.05) is 7.11 Å². The zero-order chi connectivity index (χ0) is 17.1. The van der Waals surface area contributed by atoms with E-state index in [1.807, 2.05) is 6.92 Å². The lowest BCUT2D eigenvalue weighted by molar-refractivity contribution is 0.0600. The van der Waals surface area contributed by atoms with Crippen molar-refractivity contribution < 1.29 is 17.9 Å². The average molecular weight is 336 g/mol. The number of nitrogens with one attached hydrogen (secondary N) is 1. The molecule has 1 N–H and O–H groups in total. The first-order valence-electron chi connectivity index (χ1n) is 7.45. The summed E-state index contributed by atoms with van der Waals surface area (Å²) in [6.45, 7) is 2.01. The predicted octanol–water partition coefficient (Wildman–Crippen LogP) is 2.22. The molecule has 124 valence electrons. The third kappa shape index (κ3) is 3.89. The van der Waals surface area contributed by atoms with Crippen LogP contribution in [0.15, 0.2) is 29.2 Å². The van der Waals surface area contributed by atoms with Gasteiger partial charge in [0, 0.05) is 0 Å². The molecule has 1 aromatic rings. The molecule has 0 saturated heterocycles. The van der Waals surface area contributed by atoms with Crippen LogP contribution in [0.5, 0.6) is 0 Å². The highest BCUT2D eigenvalue weighted by Crippen LogP contribution is 2.33. The van der Waals surface area contributed by atoms with E-state index in [9.17, 15) is 18.5 Å². The Balaban J connectivity index is 2.31. The van der Waals surface area contributed by atoms with E-state index in [1.165, 1.54) is 31.4 Å². The monoisotopic (exact) mass is 336 g/mol. The van der Waals surface area contributed by atoms with Crippen LogP contribution in [-0.2, 0) is 14.8 Å². The van der Waals surface area contributed by atoms with Crippen LogP contribution < -0.4 is 4.72 Å². The maximum Gasteiger partial charge on any atom is 0.337 e. The minimum atomic E-state index is -3.90. The number of hydrogen-bond donors (Lipinski definition) is 1. The minimum Gasteiger partial charge on any atom is -0.465 e. The Morgan fingerprint density at radius 3 is 2.83 bits per heavy atom. The SMILES string of the molecule is COC(=O)c1cccc(S(=O)(=O)NC2(C#N)CCCC(C)C2)c1. The number of rotatable bonds is 4. The normalized spacial score (nSPS) is 24.7. The van der Waals surface area contributed by atoms with Crippen LogP contribution in [0.25, 0.3) is 0 Å². The maximum atomic E-state index is 12.6. The number of hydrogen-bond acceptors (Lipinski definition) is 5. The second kappa shape index (κ2) is 6.69. The lowest BCUT2D eigenvalue weighted by atomic mass is 9.78. The molecule has 0 bridgehead atoms. The number of carbonyl (C=O) groups excluding carboxylic acids is 1. The molecule has 1 fully saturated rings. The molecular formula is C16H20N2O4S. The number of carbonyl (C=O) groups is 1. The number of sulfonamides is 1. The summed E-state index contributed by atoms with van der Waals surface area (Å²) in [5, 5.41) is 9.50. The zero-order valence-corrected chi connectivity index (χ0v) is 14.0. The maximum absolute atomic E-state index is 12.6. The van der Waals surface area contributed by atoms with Gasteiger partial charge in [-0.05, 0) is 37.0 Å². The Morgan fingerprint density at radius 2 is 2.22 bits per heavy atom. The van der Waals surface area contributed by atoms with Crippen LogP contribution in [-0.4, -0.2) is 27.0 Å². The summed E-state index contributed by atoms with van der Waals surface area (Å²) in [6.07, 6.45) is 2.77. The van der Waals surface area contributed by atoms with Gasteiger partial charge in [-0.25, -0.2) is 13.2 Å². The van der Waals surface area contributed by atoms with Crippen LogP contribution >= 0.6 is 0 Å². The standard InChI is InChI=1S/C16H20N2O4S/c1-12-5-4-8-16(10-12,11-17)18-23(20,21)14-7-3-6-13(9-14)15(19)22-2/h3,6-7,9,12,18H,4-5,8,10H2,1-2H3. The molecule has 23 heavy (non-hydrogen) atoms. The van der Waals surface area contributed by atoms with Gasteiger partial charge in [-0.3, -0.25) is 0 Å². The van der Waals surface area contributed by atoms with Gasteiger partial charge in [0.25, 0.3) is 0 Å². The first-order valence-corrected chi connectivity index (χ1v) is 8.94. The molecular weight excluding hydrogens is 316 g/mol. The van der Waals surface area contributed by atoms with E-state index in [2.05, 4.69) is 15.5 Å². The van der Waals surface area contributed by atoms with E-state index in [0.717, 1.165) is 12.8 Å². The van der Waals surface area contributed by atoms with Gasteiger partial charge in [0.05, 0.1) is 23.6 Å². The van der Waals surface area contributed by atoms with Crippen molar-refractivity contribution in [2.45, 2.75) is 43.0 Å². The van der Waals surface area contributed by atoms with E-state index in [0.29, 0.717) is 12.8 Å². The van der Waals surface area contributed by atoms with Crippen molar-refractivity contribution in [3.8, 4) is 6.07 Å². The topological polar surface area (TPSA) is 96.3 Å². The number of esters is 1. The molecule has 2 atom stereocenters. The fraction of sp³-hybridized carbons (Fsp3) is 0.500. The van der Waals surface area contributed by atoms with Gasteiger partial charge in [-0.15, -0.1) is 0 Å². The first-order chi connectivity index (χ1) is 10.8. The predicted molar refractivity (Wildman–Crippen MR) is 84.1 cm³/mol. The van der Waals surface area contributed by atoms with E-state index >= 15 is 0 Å². The average Bonchev–Trinajstić information content (AvgIpc) is 2.53. The molecule has 6 nitrogen and oxygen atoms in total. The largest absolute Gasteiger partial charge is 0.465 e. The summed E-state index contributed by atoms with van der Waals surface area (Å²) >= 11 is 0. The molecule has 0 aliphatic heterocycles. The molecule has 1 aliphatic carbocycles. The second-order valence-corrected chi connectivity index (χ2v) is 7.70. The molecule has 1 aliphatic rings. The van der Waals surface area contributed by atoms with E-state index < -0.39 is 21.5 Å². The van der Waals surface area contributed by atoms with Gasteiger partial charge in [0.2, 0.25) is 10.0 Å². The van der Waals surface area contributed by atoms with Crippen molar-refractivity contribution in [1.29, 1.82) is 5.26 Å². The minimum absolute atomic E-state index is 0.0479. The van der Waals surface area contributed by atoms with Gasteiger partial charge < -0.3 is 4.74 Å². The Hall–Kier alpha value is -1.91. The Labute approximate surface area is 136 Å². The molecule has 0 heterocycles. The van der Waals surface area contributed by atoms with Crippen molar-refractivity contribution in [2.24, 2.45) is 5.92 Å². The lowest BCUT2D eigenvalue weighted by Crippen LogP contribution is -2.49. The molecule has 7 heteroatoms. The second-order valence-electron chi connectivity index (χ2n) is 6.02.